The van der Waals surface area contributed by atoms with Crippen LogP contribution in [0.15, 0.2) is 157 Å². The lowest BCUT2D eigenvalue weighted by molar-refractivity contribution is 0.470. The largest absolute Gasteiger partial charge is 0.264 e. The monoisotopic (exact) mass is 630 g/mol. The summed E-state index contributed by atoms with van der Waals surface area (Å²) >= 11 is 0. The van der Waals surface area contributed by atoms with E-state index in [-0.39, 0.29) is 11.3 Å². The fourth-order valence-electron chi connectivity index (χ4n) is 8.24. The van der Waals surface area contributed by atoms with E-state index < -0.39 is 0 Å². The molecule has 9 rings (SSSR count). The highest BCUT2D eigenvalue weighted by Crippen LogP contribution is 2.59. The molecule has 4 heterocycles. The molecule has 4 nitrogen and oxygen atoms in total. The fourth-order valence-corrected chi connectivity index (χ4v) is 8.24. The average molecular weight is 631 g/mol. The smallest absolute Gasteiger partial charge is 0.0753 e. The normalized spacial score (nSPS) is 18.0. The standard InChI is InChI=1S/C45H34N4/c1-28-40-36-18-4-6-20-38(36)48-43(32-14-8-12-30(24-32)34-16-10-22-46-26-34)41(40)29(2)45(3)37-19-5-7-21-39(37)49-44(42(28)45)33-15-9-13-31(25-33)35-17-11-23-47-27-35/h4-27,29H,1-3H3. The van der Waals surface area contributed by atoms with Crippen LogP contribution in [-0.2, 0) is 5.41 Å². The van der Waals surface area contributed by atoms with Crippen LogP contribution in [0.2, 0.25) is 0 Å². The molecule has 1 aliphatic heterocycles. The van der Waals surface area contributed by atoms with Gasteiger partial charge in [0.05, 0.1) is 22.6 Å². The van der Waals surface area contributed by atoms with Gasteiger partial charge in [0.1, 0.15) is 0 Å². The molecule has 0 spiro atoms. The van der Waals surface area contributed by atoms with Gasteiger partial charge in [-0.15, -0.1) is 0 Å². The number of hydrogen-bond donors (Lipinski definition) is 0. The Morgan fingerprint density at radius 3 is 1.94 bits per heavy atom. The van der Waals surface area contributed by atoms with Crippen molar-refractivity contribution in [3.05, 3.63) is 174 Å². The van der Waals surface area contributed by atoms with Gasteiger partial charge < -0.3 is 0 Å². The molecule has 0 saturated carbocycles. The van der Waals surface area contributed by atoms with Gasteiger partial charge >= 0.3 is 0 Å². The van der Waals surface area contributed by atoms with Gasteiger partial charge in [0.25, 0.3) is 0 Å². The summed E-state index contributed by atoms with van der Waals surface area (Å²) < 4.78 is 0. The average Bonchev–Trinajstić information content (AvgIpc) is 3.17. The minimum Gasteiger partial charge on any atom is -0.264 e. The Morgan fingerprint density at radius 2 is 1.22 bits per heavy atom. The number of para-hydroxylation sites is 2. The molecule has 3 aromatic heterocycles. The lowest BCUT2D eigenvalue weighted by atomic mass is 9.56. The van der Waals surface area contributed by atoms with E-state index in [0.717, 1.165) is 56.0 Å². The third-order valence-corrected chi connectivity index (χ3v) is 10.7. The number of pyridine rings is 3. The number of hydrogen-bond acceptors (Lipinski definition) is 4. The van der Waals surface area contributed by atoms with Crippen molar-refractivity contribution in [2.45, 2.75) is 32.1 Å². The third kappa shape index (κ3) is 4.51. The van der Waals surface area contributed by atoms with Gasteiger partial charge in [-0.25, -0.2) is 9.98 Å². The molecule has 49 heavy (non-hydrogen) atoms. The summed E-state index contributed by atoms with van der Waals surface area (Å²) in [6.45, 7) is 7.11. The van der Waals surface area contributed by atoms with Gasteiger partial charge in [0.2, 0.25) is 0 Å². The maximum absolute atomic E-state index is 5.47. The number of fused-ring (bicyclic) bond motifs is 6. The molecule has 7 aromatic rings. The maximum atomic E-state index is 5.47. The quantitative estimate of drug-likeness (QED) is 0.194. The molecule has 0 N–H and O–H groups in total. The highest BCUT2D eigenvalue weighted by atomic mass is 14.8. The van der Waals surface area contributed by atoms with Gasteiger partial charge in [0, 0.05) is 57.8 Å². The van der Waals surface area contributed by atoms with Crippen LogP contribution < -0.4 is 0 Å². The topological polar surface area (TPSA) is 51.0 Å². The SMILES string of the molecule is CC1=C2C(c3cccc(-c4cccnc4)c3)=Nc3ccccc3C2(C)C(C)c2c(-c3cccc(-c4cccnc4)c3)nc3ccccc3c21. The van der Waals surface area contributed by atoms with Gasteiger partial charge in [-0.05, 0) is 88.2 Å². The van der Waals surface area contributed by atoms with E-state index in [1.54, 1.807) is 0 Å². The Morgan fingerprint density at radius 1 is 0.612 bits per heavy atom. The summed E-state index contributed by atoms with van der Waals surface area (Å²) in [7, 11) is 0. The first-order valence-corrected chi connectivity index (χ1v) is 16.9. The maximum Gasteiger partial charge on any atom is 0.0753 e. The van der Waals surface area contributed by atoms with Crippen LogP contribution in [0.4, 0.5) is 5.69 Å². The molecule has 1 aliphatic carbocycles. The molecule has 0 bridgehead atoms. The van der Waals surface area contributed by atoms with Crippen molar-refractivity contribution in [2.75, 3.05) is 0 Å². The van der Waals surface area contributed by atoms with Crippen molar-refractivity contribution in [3.8, 4) is 33.5 Å². The number of benzene rings is 4. The molecule has 2 atom stereocenters. The molecule has 2 unspecified atom stereocenters. The molecule has 0 saturated heterocycles. The second kappa shape index (κ2) is 11.3. The van der Waals surface area contributed by atoms with Crippen LogP contribution in [0.1, 0.15) is 48.9 Å². The summed E-state index contributed by atoms with van der Waals surface area (Å²) in [5.74, 6) is 0.0866. The van der Waals surface area contributed by atoms with Crippen LogP contribution in [0, 0.1) is 0 Å². The first kappa shape index (κ1) is 29.2. The zero-order valence-electron chi connectivity index (χ0n) is 27.7. The van der Waals surface area contributed by atoms with E-state index in [4.69, 9.17) is 9.98 Å². The van der Waals surface area contributed by atoms with E-state index in [1.165, 1.54) is 33.2 Å². The van der Waals surface area contributed by atoms with Gasteiger partial charge in [-0.2, -0.15) is 0 Å². The Balaban J connectivity index is 1.34. The van der Waals surface area contributed by atoms with Crippen LogP contribution in [0.25, 0.3) is 50.0 Å². The minimum absolute atomic E-state index is 0.0866. The first-order valence-electron chi connectivity index (χ1n) is 16.9. The van der Waals surface area contributed by atoms with Crippen molar-refractivity contribution in [1.82, 2.24) is 15.0 Å². The van der Waals surface area contributed by atoms with Gasteiger partial charge in [-0.1, -0.05) is 98.8 Å². The summed E-state index contributed by atoms with van der Waals surface area (Å²) in [5.41, 5.74) is 16.7. The minimum atomic E-state index is -0.366. The van der Waals surface area contributed by atoms with Crippen LogP contribution in [-0.4, -0.2) is 20.7 Å². The highest BCUT2D eigenvalue weighted by Gasteiger charge is 2.49. The highest BCUT2D eigenvalue weighted by molar-refractivity contribution is 6.22. The lowest BCUT2D eigenvalue weighted by Crippen LogP contribution is -2.41. The van der Waals surface area contributed by atoms with Crippen LogP contribution in [0.5, 0.6) is 0 Å². The van der Waals surface area contributed by atoms with Crippen molar-refractivity contribution in [1.29, 1.82) is 0 Å². The van der Waals surface area contributed by atoms with Crippen LogP contribution in [0.3, 0.4) is 0 Å². The summed E-state index contributed by atoms with van der Waals surface area (Å²) in [5, 5.41) is 1.17. The molecule has 234 valence electrons. The third-order valence-electron chi connectivity index (χ3n) is 10.7. The molecular weight excluding hydrogens is 597 g/mol. The fraction of sp³-hybridized carbons (Fsp3) is 0.111. The zero-order valence-corrected chi connectivity index (χ0v) is 27.7. The number of allylic oxidation sites excluding steroid dienone is 2. The zero-order chi connectivity index (χ0) is 33.1. The van der Waals surface area contributed by atoms with Gasteiger partial charge in [-0.3, -0.25) is 9.97 Å². The summed E-state index contributed by atoms with van der Waals surface area (Å²) in [6.07, 6.45) is 7.49. The second-order valence-electron chi connectivity index (χ2n) is 13.3. The van der Waals surface area contributed by atoms with Crippen molar-refractivity contribution < 1.29 is 0 Å². The molecular formula is C45H34N4. The summed E-state index contributed by atoms with van der Waals surface area (Å²) in [6, 6.07) is 43.0. The molecule has 0 radical (unpaired) electrons. The molecule has 2 aliphatic rings. The molecule has 0 fully saturated rings. The van der Waals surface area contributed by atoms with Crippen LogP contribution >= 0.6 is 0 Å². The number of aliphatic imine (C=N–C) groups is 1. The number of rotatable bonds is 4. The Labute approximate surface area is 286 Å². The lowest BCUT2D eigenvalue weighted by Gasteiger charge is -2.48. The summed E-state index contributed by atoms with van der Waals surface area (Å²) in [4.78, 5) is 19.7. The van der Waals surface area contributed by atoms with Gasteiger partial charge in [0.15, 0.2) is 0 Å². The predicted molar refractivity (Wildman–Crippen MR) is 201 cm³/mol. The second-order valence-corrected chi connectivity index (χ2v) is 13.3. The first-order chi connectivity index (χ1) is 24.0. The van der Waals surface area contributed by atoms with E-state index >= 15 is 0 Å². The molecule has 0 amide bonds. The number of nitrogens with zero attached hydrogens (tertiary/aromatic N) is 4. The Kier molecular flexibility index (Phi) is 6.73. The molecule has 4 aromatic carbocycles. The van der Waals surface area contributed by atoms with E-state index in [2.05, 4.69) is 140 Å². The number of aromatic nitrogens is 3. The van der Waals surface area contributed by atoms with Crippen molar-refractivity contribution in [3.63, 3.8) is 0 Å². The van der Waals surface area contributed by atoms with Crippen molar-refractivity contribution >= 4 is 27.9 Å². The Hall–Kier alpha value is -6.00. The van der Waals surface area contributed by atoms with E-state index in [1.807, 2.05) is 36.9 Å². The predicted octanol–water partition coefficient (Wildman–Crippen LogP) is 11.0. The Bertz CT molecular complexity index is 2480. The van der Waals surface area contributed by atoms with Crippen molar-refractivity contribution in [2.24, 2.45) is 4.99 Å². The van der Waals surface area contributed by atoms with E-state index in [0.29, 0.717) is 0 Å². The van der Waals surface area contributed by atoms with E-state index in [9.17, 15) is 0 Å². The molecule has 4 heteroatoms.